The molecule has 0 aliphatic carbocycles. The van der Waals surface area contributed by atoms with Gasteiger partial charge in [-0.15, -0.1) is 0 Å². The van der Waals surface area contributed by atoms with Crippen LogP contribution in [0.25, 0.3) is 10.8 Å². The molecule has 2 N–H and O–H groups in total. The minimum absolute atomic E-state index is 0.115. The fourth-order valence-electron chi connectivity index (χ4n) is 2.77. The highest BCUT2D eigenvalue weighted by Gasteiger charge is 2.16. The summed E-state index contributed by atoms with van der Waals surface area (Å²) in [5.74, 6) is 0.0979. The first-order valence-corrected chi connectivity index (χ1v) is 8.18. The van der Waals surface area contributed by atoms with Gasteiger partial charge in [-0.1, -0.05) is 24.3 Å². The molecule has 0 saturated carbocycles. The summed E-state index contributed by atoms with van der Waals surface area (Å²) in [5, 5.41) is 14.4. The number of amides is 1. The largest absolute Gasteiger partial charge is 0.507 e. The van der Waals surface area contributed by atoms with Crippen molar-refractivity contribution in [3.63, 3.8) is 0 Å². The predicted octanol–water partition coefficient (Wildman–Crippen LogP) is 4.11. The van der Waals surface area contributed by atoms with Gasteiger partial charge in [0.2, 0.25) is 5.91 Å². The zero-order chi connectivity index (χ0) is 18.7. The lowest BCUT2D eigenvalue weighted by Crippen LogP contribution is -2.18. The van der Waals surface area contributed by atoms with E-state index in [9.17, 15) is 14.7 Å². The third kappa shape index (κ3) is 3.52. The van der Waals surface area contributed by atoms with Gasteiger partial charge in [0, 0.05) is 5.69 Å². The molecule has 3 aromatic rings. The number of methoxy groups -OCH3 is 1. The quantitative estimate of drug-likeness (QED) is 0.537. The molecule has 0 spiro atoms. The van der Waals surface area contributed by atoms with Crippen LogP contribution < -0.4 is 10.1 Å². The average Bonchev–Trinajstić information content (AvgIpc) is 2.67. The first-order valence-electron chi connectivity index (χ1n) is 8.18. The minimum Gasteiger partial charge on any atom is -0.507 e. The number of aromatic hydroxyl groups is 1. The summed E-state index contributed by atoms with van der Waals surface area (Å²) in [5.41, 5.74) is 1.48. The Hall–Kier alpha value is -3.34. The van der Waals surface area contributed by atoms with E-state index in [0.29, 0.717) is 12.0 Å². The molecule has 0 radical (unpaired) electrons. The number of phenolic OH excluding ortho intramolecular Hbond substituents is 1. The number of phenols is 1. The molecule has 0 heterocycles. The summed E-state index contributed by atoms with van der Waals surface area (Å²) >= 11 is 0. The maximum absolute atomic E-state index is 12.6. The molecule has 0 aromatic heterocycles. The number of ether oxygens (including phenoxy) is 1. The van der Waals surface area contributed by atoms with Crippen LogP contribution in [0.1, 0.15) is 28.8 Å². The second-order valence-corrected chi connectivity index (χ2v) is 6.07. The summed E-state index contributed by atoms with van der Waals surface area (Å²) in [4.78, 5) is 23.5. The first kappa shape index (κ1) is 17.5. The lowest BCUT2D eigenvalue weighted by molar-refractivity contribution is -0.117. The molecule has 0 saturated heterocycles. The van der Waals surface area contributed by atoms with E-state index in [2.05, 4.69) is 5.32 Å². The Morgan fingerprint density at radius 1 is 1.08 bits per heavy atom. The fourth-order valence-corrected chi connectivity index (χ4v) is 2.77. The highest BCUT2D eigenvalue weighted by Crippen LogP contribution is 2.26. The number of anilines is 1. The smallest absolute Gasteiger partial charge is 0.231 e. The van der Waals surface area contributed by atoms with Gasteiger partial charge in [-0.25, -0.2) is 0 Å². The van der Waals surface area contributed by atoms with Crippen LogP contribution in [0.15, 0.2) is 54.6 Å². The third-order valence-corrected chi connectivity index (χ3v) is 4.39. The second kappa shape index (κ2) is 7.27. The molecule has 1 atom stereocenters. The van der Waals surface area contributed by atoms with Crippen molar-refractivity contribution in [3.8, 4) is 11.5 Å². The Morgan fingerprint density at radius 3 is 2.54 bits per heavy atom. The summed E-state index contributed by atoms with van der Waals surface area (Å²) in [6.45, 7) is 1.82. The number of nitrogens with one attached hydrogen (secondary N) is 1. The average molecular weight is 349 g/mol. The van der Waals surface area contributed by atoms with Gasteiger partial charge in [0.1, 0.15) is 11.5 Å². The van der Waals surface area contributed by atoms with Crippen LogP contribution in [0.4, 0.5) is 5.69 Å². The molecule has 26 heavy (non-hydrogen) atoms. The number of hydrogen-bond acceptors (Lipinski definition) is 4. The first-order chi connectivity index (χ1) is 12.5. The molecule has 3 rings (SSSR count). The molecular weight excluding hydrogens is 330 g/mol. The van der Waals surface area contributed by atoms with Crippen LogP contribution in [-0.2, 0) is 4.79 Å². The fraction of sp³-hybridized carbons (Fsp3) is 0.143. The lowest BCUT2D eigenvalue weighted by atomic mass is 9.97. The standard InChI is InChI=1S/C21H19NO4/c1-13(21(25)22-18-6-8-20(24)17(10-18)12-23)14-3-4-16-11-19(26-2)7-5-15(16)9-14/h3-13,24H,1-2H3,(H,22,25). The lowest BCUT2D eigenvalue weighted by Gasteiger charge is -2.14. The van der Waals surface area contributed by atoms with E-state index in [1.165, 1.54) is 12.1 Å². The maximum Gasteiger partial charge on any atom is 0.231 e. The second-order valence-electron chi connectivity index (χ2n) is 6.07. The van der Waals surface area contributed by atoms with Gasteiger partial charge in [0.05, 0.1) is 18.6 Å². The molecule has 0 bridgehead atoms. The SMILES string of the molecule is COc1ccc2cc(C(C)C(=O)Nc3ccc(O)c(C=O)c3)ccc2c1. The maximum atomic E-state index is 12.6. The van der Waals surface area contributed by atoms with Gasteiger partial charge in [0.25, 0.3) is 0 Å². The van der Waals surface area contributed by atoms with Crippen molar-refractivity contribution in [1.82, 2.24) is 0 Å². The Kier molecular flexibility index (Phi) is 4.89. The Morgan fingerprint density at radius 2 is 1.81 bits per heavy atom. The predicted molar refractivity (Wildman–Crippen MR) is 101 cm³/mol. The summed E-state index contributed by atoms with van der Waals surface area (Å²) in [6.07, 6.45) is 0.548. The Labute approximate surface area is 151 Å². The third-order valence-electron chi connectivity index (χ3n) is 4.39. The zero-order valence-electron chi connectivity index (χ0n) is 14.5. The number of aldehydes is 1. The van der Waals surface area contributed by atoms with E-state index < -0.39 is 0 Å². The summed E-state index contributed by atoms with van der Waals surface area (Å²) < 4.78 is 5.23. The molecule has 5 nitrogen and oxygen atoms in total. The molecule has 0 aliphatic heterocycles. The highest BCUT2D eigenvalue weighted by atomic mass is 16.5. The van der Waals surface area contributed by atoms with Crippen LogP contribution in [0.2, 0.25) is 0 Å². The Bertz CT molecular complexity index is 981. The van der Waals surface area contributed by atoms with E-state index >= 15 is 0 Å². The van der Waals surface area contributed by atoms with E-state index in [1.54, 1.807) is 13.2 Å². The van der Waals surface area contributed by atoms with Crippen molar-refractivity contribution >= 4 is 28.7 Å². The van der Waals surface area contributed by atoms with Crippen molar-refractivity contribution in [2.45, 2.75) is 12.8 Å². The summed E-state index contributed by atoms with van der Waals surface area (Å²) in [7, 11) is 1.63. The number of carbonyl (C=O) groups is 2. The van der Waals surface area contributed by atoms with Gasteiger partial charge in [0.15, 0.2) is 6.29 Å². The van der Waals surface area contributed by atoms with E-state index in [0.717, 1.165) is 22.1 Å². The van der Waals surface area contributed by atoms with Crippen LogP contribution in [-0.4, -0.2) is 24.4 Å². The number of rotatable bonds is 5. The monoisotopic (exact) mass is 349 g/mol. The van der Waals surface area contributed by atoms with Crippen LogP contribution in [0, 0.1) is 0 Å². The van der Waals surface area contributed by atoms with Gasteiger partial charge in [-0.2, -0.15) is 0 Å². The van der Waals surface area contributed by atoms with Crippen molar-refractivity contribution in [1.29, 1.82) is 0 Å². The van der Waals surface area contributed by atoms with Crippen LogP contribution >= 0.6 is 0 Å². The molecule has 0 aliphatic rings. The molecule has 3 aromatic carbocycles. The summed E-state index contributed by atoms with van der Waals surface area (Å²) in [6, 6.07) is 16.0. The van der Waals surface area contributed by atoms with E-state index in [-0.39, 0.29) is 23.1 Å². The highest BCUT2D eigenvalue weighted by molar-refractivity contribution is 5.97. The van der Waals surface area contributed by atoms with E-state index in [4.69, 9.17) is 4.74 Å². The zero-order valence-corrected chi connectivity index (χ0v) is 14.5. The number of fused-ring (bicyclic) bond motifs is 1. The number of hydrogen-bond donors (Lipinski definition) is 2. The van der Waals surface area contributed by atoms with Gasteiger partial charge >= 0.3 is 0 Å². The van der Waals surface area contributed by atoms with Crippen LogP contribution in [0.3, 0.4) is 0 Å². The van der Waals surface area contributed by atoms with Crippen molar-refractivity contribution < 1.29 is 19.4 Å². The molecule has 132 valence electrons. The normalized spacial score (nSPS) is 11.8. The van der Waals surface area contributed by atoms with Crippen LogP contribution in [0.5, 0.6) is 11.5 Å². The number of carbonyl (C=O) groups excluding carboxylic acids is 2. The molecular formula is C21H19NO4. The minimum atomic E-state index is -0.380. The Balaban J connectivity index is 1.81. The van der Waals surface area contributed by atoms with Gasteiger partial charge in [-0.05, 0) is 53.6 Å². The topological polar surface area (TPSA) is 75.6 Å². The molecule has 1 amide bonds. The number of benzene rings is 3. The molecule has 0 fully saturated rings. The van der Waals surface area contributed by atoms with Gasteiger partial charge in [-0.3, -0.25) is 9.59 Å². The van der Waals surface area contributed by atoms with Crippen molar-refractivity contribution in [2.75, 3.05) is 12.4 Å². The van der Waals surface area contributed by atoms with Crippen molar-refractivity contribution in [3.05, 3.63) is 65.7 Å². The van der Waals surface area contributed by atoms with Gasteiger partial charge < -0.3 is 15.2 Å². The van der Waals surface area contributed by atoms with Crippen molar-refractivity contribution in [2.24, 2.45) is 0 Å². The molecule has 5 heteroatoms. The molecule has 1 unspecified atom stereocenters. The van der Waals surface area contributed by atoms with E-state index in [1.807, 2.05) is 43.3 Å².